The second-order valence-electron chi connectivity index (χ2n) is 6.58. The van der Waals surface area contributed by atoms with Gasteiger partial charge in [-0.15, -0.1) is 0 Å². The van der Waals surface area contributed by atoms with Crippen LogP contribution >= 0.6 is 0 Å². The van der Waals surface area contributed by atoms with Crippen molar-refractivity contribution in [3.63, 3.8) is 0 Å². The topological polar surface area (TPSA) is 55.8 Å². The van der Waals surface area contributed by atoms with Crippen LogP contribution < -0.4 is 0 Å². The van der Waals surface area contributed by atoms with Crippen LogP contribution in [-0.4, -0.2) is 43.1 Å². The van der Waals surface area contributed by atoms with Crippen molar-refractivity contribution in [3.8, 4) is 0 Å². The summed E-state index contributed by atoms with van der Waals surface area (Å²) in [4.78, 5) is 27.8. The Morgan fingerprint density at radius 3 is 1.74 bits per heavy atom. The Kier molecular flexibility index (Phi) is 11.4. The van der Waals surface area contributed by atoms with Crippen molar-refractivity contribution in [2.75, 3.05) is 26.3 Å². The largest absolute Gasteiger partial charge is 0.465 e. The number of benzene rings is 1. The summed E-state index contributed by atoms with van der Waals surface area (Å²) in [6, 6.07) is 9.37. The molecule has 0 radical (unpaired) electrons. The fourth-order valence-corrected chi connectivity index (χ4v) is 3.19. The molecule has 0 aliphatic carbocycles. The Labute approximate surface area is 164 Å². The van der Waals surface area contributed by atoms with Crippen molar-refractivity contribution in [2.45, 2.75) is 59.4 Å². The number of unbranched alkanes of at least 4 members (excludes halogenated alkanes) is 2. The molecule has 0 saturated carbocycles. The van der Waals surface area contributed by atoms with E-state index in [1.165, 1.54) is 0 Å². The average molecular weight is 378 g/mol. The average Bonchev–Trinajstić information content (AvgIpc) is 2.67. The van der Waals surface area contributed by atoms with Gasteiger partial charge in [-0.05, 0) is 45.3 Å². The normalized spacial score (nSPS) is 12.2. The summed E-state index contributed by atoms with van der Waals surface area (Å²) in [6.07, 6.45) is 4.11. The van der Waals surface area contributed by atoms with Crippen LogP contribution in [-0.2, 0) is 19.1 Å². The zero-order chi connectivity index (χ0) is 20.1. The van der Waals surface area contributed by atoms with E-state index in [-0.39, 0.29) is 19.3 Å². The Morgan fingerprint density at radius 2 is 1.33 bits per heavy atom. The molecule has 0 aromatic heterocycles. The summed E-state index contributed by atoms with van der Waals surface area (Å²) in [5.41, 5.74) is 0.941. The van der Waals surface area contributed by atoms with Crippen LogP contribution in [0.5, 0.6) is 0 Å². The van der Waals surface area contributed by atoms with Gasteiger partial charge in [-0.3, -0.25) is 14.5 Å². The molecule has 0 spiro atoms. The first-order chi connectivity index (χ1) is 13.1. The van der Waals surface area contributed by atoms with Gasteiger partial charge in [0.15, 0.2) is 5.92 Å². The molecule has 1 aromatic rings. The van der Waals surface area contributed by atoms with E-state index in [0.29, 0.717) is 0 Å². The first-order valence-electron chi connectivity index (χ1n) is 10.2. The van der Waals surface area contributed by atoms with Crippen LogP contribution in [0.2, 0.25) is 0 Å². The fourth-order valence-electron chi connectivity index (χ4n) is 3.19. The first-order valence-corrected chi connectivity index (χ1v) is 10.2. The predicted octanol–water partition coefficient (Wildman–Crippen LogP) is 4.37. The van der Waals surface area contributed by atoms with E-state index in [4.69, 9.17) is 9.47 Å². The van der Waals surface area contributed by atoms with Crippen LogP contribution in [0.1, 0.15) is 65.0 Å². The van der Waals surface area contributed by atoms with Gasteiger partial charge in [0, 0.05) is 0 Å². The van der Waals surface area contributed by atoms with Crippen molar-refractivity contribution >= 4 is 11.9 Å². The van der Waals surface area contributed by atoms with Crippen molar-refractivity contribution in [3.05, 3.63) is 35.9 Å². The second kappa shape index (κ2) is 13.3. The molecular formula is C22H35NO4. The molecule has 0 N–H and O–H groups in total. The number of ether oxygens (including phenoxy) is 2. The van der Waals surface area contributed by atoms with Crippen LogP contribution in [0, 0.1) is 5.92 Å². The highest BCUT2D eigenvalue weighted by molar-refractivity contribution is 5.96. The van der Waals surface area contributed by atoms with Gasteiger partial charge in [-0.2, -0.15) is 0 Å². The molecule has 0 heterocycles. The maximum Gasteiger partial charge on any atom is 0.322 e. The molecular weight excluding hydrogens is 342 g/mol. The SMILES string of the molecule is CCCCN(CCCC)C(c1ccccc1)C(C(=O)OCC)C(=O)OCC. The lowest BCUT2D eigenvalue weighted by molar-refractivity contribution is -0.165. The van der Waals surface area contributed by atoms with Gasteiger partial charge in [0.1, 0.15) is 0 Å². The van der Waals surface area contributed by atoms with Crippen LogP contribution in [0.4, 0.5) is 0 Å². The van der Waals surface area contributed by atoms with E-state index < -0.39 is 17.9 Å². The highest BCUT2D eigenvalue weighted by Gasteiger charge is 2.41. The number of carbonyl (C=O) groups excluding carboxylic acids is 2. The zero-order valence-corrected chi connectivity index (χ0v) is 17.3. The minimum Gasteiger partial charge on any atom is -0.465 e. The number of hydrogen-bond donors (Lipinski definition) is 0. The van der Waals surface area contributed by atoms with E-state index in [2.05, 4.69) is 18.7 Å². The molecule has 27 heavy (non-hydrogen) atoms. The minimum atomic E-state index is -0.985. The number of esters is 2. The fraction of sp³-hybridized carbons (Fsp3) is 0.636. The zero-order valence-electron chi connectivity index (χ0n) is 17.3. The molecule has 1 unspecified atom stereocenters. The predicted molar refractivity (Wildman–Crippen MR) is 107 cm³/mol. The smallest absolute Gasteiger partial charge is 0.322 e. The highest BCUT2D eigenvalue weighted by atomic mass is 16.6. The Balaban J connectivity index is 3.35. The summed E-state index contributed by atoms with van der Waals surface area (Å²) < 4.78 is 10.5. The molecule has 5 heteroatoms. The Morgan fingerprint density at radius 1 is 0.852 bits per heavy atom. The number of hydrogen-bond acceptors (Lipinski definition) is 5. The molecule has 1 aromatic carbocycles. The number of nitrogens with zero attached hydrogens (tertiary/aromatic N) is 1. The van der Waals surface area contributed by atoms with Crippen molar-refractivity contribution in [1.29, 1.82) is 0 Å². The van der Waals surface area contributed by atoms with Gasteiger partial charge in [0.05, 0.1) is 19.3 Å². The Bertz CT molecular complexity index is 521. The maximum absolute atomic E-state index is 12.8. The van der Waals surface area contributed by atoms with Crippen molar-refractivity contribution < 1.29 is 19.1 Å². The van der Waals surface area contributed by atoms with E-state index in [9.17, 15) is 9.59 Å². The summed E-state index contributed by atoms with van der Waals surface area (Å²) in [5, 5.41) is 0. The lowest BCUT2D eigenvalue weighted by Crippen LogP contribution is -2.43. The second-order valence-corrected chi connectivity index (χ2v) is 6.58. The molecule has 0 amide bonds. The lowest BCUT2D eigenvalue weighted by atomic mass is 9.90. The molecule has 1 atom stereocenters. The van der Waals surface area contributed by atoms with Crippen LogP contribution in [0.15, 0.2) is 30.3 Å². The first kappa shape index (κ1) is 23.2. The minimum absolute atomic E-state index is 0.236. The van der Waals surface area contributed by atoms with Gasteiger partial charge in [-0.25, -0.2) is 0 Å². The molecule has 1 rings (SSSR count). The molecule has 0 saturated heterocycles. The molecule has 5 nitrogen and oxygen atoms in total. The molecule has 0 fully saturated rings. The summed E-state index contributed by atoms with van der Waals surface area (Å²) >= 11 is 0. The van der Waals surface area contributed by atoms with Gasteiger partial charge in [-0.1, -0.05) is 57.0 Å². The highest BCUT2D eigenvalue weighted by Crippen LogP contribution is 2.32. The van der Waals surface area contributed by atoms with Crippen molar-refractivity contribution in [1.82, 2.24) is 4.90 Å². The lowest BCUT2D eigenvalue weighted by Gasteiger charge is -2.35. The van der Waals surface area contributed by atoms with E-state index in [1.54, 1.807) is 13.8 Å². The quantitative estimate of drug-likeness (QED) is 0.377. The monoisotopic (exact) mass is 377 g/mol. The molecule has 0 aliphatic rings. The molecule has 152 valence electrons. The maximum atomic E-state index is 12.8. The van der Waals surface area contributed by atoms with E-state index in [0.717, 1.165) is 44.3 Å². The third-order valence-corrected chi connectivity index (χ3v) is 4.53. The third-order valence-electron chi connectivity index (χ3n) is 4.53. The molecule has 0 aliphatic heterocycles. The van der Waals surface area contributed by atoms with Gasteiger partial charge >= 0.3 is 11.9 Å². The van der Waals surface area contributed by atoms with E-state index >= 15 is 0 Å². The van der Waals surface area contributed by atoms with E-state index in [1.807, 2.05) is 30.3 Å². The van der Waals surface area contributed by atoms with Crippen molar-refractivity contribution in [2.24, 2.45) is 5.92 Å². The van der Waals surface area contributed by atoms with Gasteiger partial charge < -0.3 is 9.47 Å². The van der Waals surface area contributed by atoms with Gasteiger partial charge in [0.25, 0.3) is 0 Å². The number of rotatable bonds is 13. The summed E-state index contributed by atoms with van der Waals surface area (Å²) in [5.74, 6) is -2.01. The standard InChI is InChI=1S/C22H35NO4/c1-5-9-16-23(17-10-6-2)20(18-14-12-11-13-15-18)19(21(24)26-7-3)22(25)27-8-4/h11-15,19-20H,5-10,16-17H2,1-4H3. The number of carbonyl (C=O) groups is 2. The Hall–Kier alpha value is -1.88. The summed E-state index contributed by atoms with van der Waals surface area (Å²) in [7, 11) is 0. The van der Waals surface area contributed by atoms with Crippen LogP contribution in [0.3, 0.4) is 0 Å². The summed E-state index contributed by atoms with van der Waals surface area (Å²) in [6.45, 7) is 9.91. The van der Waals surface area contributed by atoms with Crippen LogP contribution in [0.25, 0.3) is 0 Å². The van der Waals surface area contributed by atoms with Gasteiger partial charge in [0.2, 0.25) is 0 Å². The molecule has 0 bridgehead atoms. The third kappa shape index (κ3) is 7.33.